The SMILES string of the molecule is Br.OC1CN2CCCCC2C1O. The third-order valence-electron chi connectivity index (χ3n) is 2.87. The minimum absolute atomic E-state index is 0. The van der Waals surface area contributed by atoms with E-state index in [2.05, 4.69) is 4.90 Å². The number of rotatable bonds is 0. The van der Waals surface area contributed by atoms with Gasteiger partial charge in [-0.15, -0.1) is 17.0 Å². The van der Waals surface area contributed by atoms with Gasteiger partial charge in [0.15, 0.2) is 0 Å². The van der Waals surface area contributed by atoms with E-state index in [-0.39, 0.29) is 23.0 Å². The molecular formula is C8H16BrNO2. The first-order valence-corrected chi connectivity index (χ1v) is 4.39. The van der Waals surface area contributed by atoms with E-state index in [1.165, 1.54) is 12.8 Å². The highest BCUT2D eigenvalue weighted by molar-refractivity contribution is 8.93. The first-order chi connectivity index (χ1) is 5.29. The molecule has 2 aliphatic heterocycles. The van der Waals surface area contributed by atoms with E-state index in [0.717, 1.165) is 13.0 Å². The highest BCUT2D eigenvalue weighted by atomic mass is 79.9. The van der Waals surface area contributed by atoms with Crippen LogP contribution in [0.2, 0.25) is 0 Å². The number of hydrogen-bond acceptors (Lipinski definition) is 3. The van der Waals surface area contributed by atoms with Crippen LogP contribution in [0.5, 0.6) is 0 Å². The average molecular weight is 238 g/mol. The van der Waals surface area contributed by atoms with E-state index >= 15 is 0 Å². The Morgan fingerprint density at radius 1 is 1.17 bits per heavy atom. The van der Waals surface area contributed by atoms with Gasteiger partial charge in [0.25, 0.3) is 0 Å². The van der Waals surface area contributed by atoms with Gasteiger partial charge < -0.3 is 10.2 Å². The quantitative estimate of drug-likeness (QED) is 0.631. The Morgan fingerprint density at radius 3 is 2.58 bits per heavy atom. The Labute approximate surface area is 83.1 Å². The Balaban J connectivity index is 0.000000720. The van der Waals surface area contributed by atoms with Gasteiger partial charge in [-0.1, -0.05) is 6.42 Å². The molecule has 3 nitrogen and oxygen atoms in total. The van der Waals surface area contributed by atoms with Gasteiger partial charge in [-0.05, 0) is 19.4 Å². The minimum atomic E-state index is -0.502. The minimum Gasteiger partial charge on any atom is -0.389 e. The molecule has 0 radical (unpaired) electrons. The Morgan fingerprint density at radius 2 is 1.92 bits per heavy atom. The van der Waals surface area contributed by atoms with Crippen LogP contribution in [0, 0.1) is 0 Å². The zero-order valence-electron chi connectivity index (χ0n) is 7.02. The van der Waals surface area contributed by atoms with Crippen LogP contribution in [0.1, 0.15) is 19.3 Å². The van der Waals surface area contributed by atoms with Crippen LogP contribution in [-0.2, 0) is 0 Å². The molecular weight excluding hydrogens is 222 g/mol. The van der Waals surface area contributed by atoms with Gasteiger partial charge in [0.2, 0.25) is 0 Å². The zero-order chi connectivity index (χ0) is 7.84. The summed E-state index contributed by atoms with van der Waals surface area (Å²) in [5.74, 6) is 0. The molecule has 0 spiro atoms. The molecule has 2 N–H and O–H groups in total. The summed E-state index contributed by atoms with van der Waals surface area (Å²) in [5, 5.41) is 18.8. The zero-order valence-corrected chi connectivity index (χ0v) is 8.73. The van der Waals surface area contributed by atoms with Crippen molar-refractivity contribution in [1.29, 1.82) is 0 Å². The van der Waals surface area contributed by atoms with E-state index in [4.69, 9.17) is 0 Å². The molecule has 12 heavy (non-hydrogen) atoms. The van der Waals surface area contributed by atoms with E-state index in [9.17, 15) is 10.2 Å². The fourth-order valence-corrected chi connectivity index (χ4v) is 2.23. The Kier molecular flexibility index (Phi) is 3.52. The Hall–Kier alpha value is 0.360. The molecule has 0 amide bonds. The van der Waals surface area contributed by atoms with Gasteiger partial charge in [0, 0.05) is 12.6 Å². The molecule has 2 fully saturated rings. The molecule has 2 aliphatic rings. The normalized spacial score (nSPS) is 42.0. The van der Waals surface area contributed by atoms with Gasteiger partial charge in [-0.3, -0.25) is 4.90 Å². The van der Waals surface area contributed by atoms with Crippen molar-refractivity contribution in [1.82, 2.24) is 4.90 Å². The van der Waals surface area contributed by atoms with E-state index in [1.54, 1.807) is 0 Å². The summed E-state index contributed by atoms with van der Waals surface area (Å²) < 4.78 is 0. The van der Waals surface area contributed by atoms with Gasteiger partial charge in [0.1, 0.15) is 0 Å². The largest absolute Gasteiger partial charge is 0.389 e. The van der Waals surface area contributed by atoms with Crippen LogP contribution < -0.4 is 0 Å². The lowest BCUT2D eigenvalue weighted by atomic mass is 10.0. The maximum absolute atomic E-state index is 9.50. The third kappa shape index (κ3) is 1.66. The molecule has 0 aromatic rings. The fraction of sp³-hybridized carbons (Fsp3) is 1.00. The summed E-state index contributed by atoms with van der Waals surface area (Å²) in [5.41, 5.74) is 0. The van der Waals surface area contributed by atoms with Crippen LogP contribution in [0.4, 0.5) is 0 Å². The average Bonchev–Trinajstić information content (AvgIpc) is 2.30. The molecule has 2 saturated heterocycles. The van der Waals surface area contributed by atoms with Gasteiger partial charge in [0.05, 0.1) is 12.2 Å². The molecule has 2 rings (SSSR count). The van der Waals surface area contributed by atoms with E-state index in [1.807, 2.05) is 0 Å². The second-order valence-corrected chi connectivity index (χ2v) is 3.62. The molecule has 0 saturated carbocycles. The predicted molar refractivity (Wildman–Crippen MR) is 51.5 cm³/mol. The second kappa shape index (κ2) is 4.05. The predicted octanol–water partition coefficient (Wildman–Crippen LogP) is 0.154. The van der Waals surface area contributed by atoms with Gasteiger partial charge in [-0.25, -0.2) is 0 Å². The molecule has 3 atom stereocenters. The van der Waals surface area contributed by atoms with Crippen molar-refractivity contribution in [3.8, 4) is 0 Å². The summed E-state index contributed by atoms with van der Waals surface area (Å²) in [6, 6.07) is 0.249. The highest BCUT2D eigenvalue weighted by Gasteiger charge is 2.40. The lowest BCUT2D eigenvalue weighted by Crippen LogP contribution is -2.39. The van der Waals surface area contributed by atoms with Crippen molar-refractivity contribution in [3.05, 3.63) is 0 Å². The molecule has 0 bridgehead atoms. The number of aliphatic hydroxyl groups is 2. The molecule has 72 valence electrons. The second-order valence-electron chi connectivity index (χ2n) is 3.62. The van der Waals surface area contributed by atoms with E-state index in [0.29, 0.717) is 6.54 Å². The third-order valence-corrected chi connectivity index (χ3v) is 2.87. The van der Waals surface area contributed by atoms with Crippen molar-refractivity contribution < 1.29 is 10.2 Å². The lowest BCUT2D eigenvalue weighted by Gasteiger charge is -2.29. The van der Waals surface area contributed by atoms with Crippen LogP contribution in [0.25, 0.3) is 0 Å². The molecule has 3 unspecified atom stereocenters. The summed E-state index contributed by atoms with van der Waals surface area (Å²) in [6.07, 6.45) is 2.48. The summed E-state index contributed by atoms with van der Waals surface area (Å²) in [7, 11) is 0. The molecule has 2 heterocycles. The monoisotopic (exact) mass is 237 g/mol. The Bertz CT molecular complexity index is 156. The number of halogens is 1. The van der Waals surface area contributed by atoms with Gasteiger partial charge >= 0.3 is 0 Å². The fourth-order valence-electron chi connectivity index (χ4n) is 2.23. The van der Waals surface area contributed by atoms with Gasteiger partial charge in [-0.2, -0.15) is 0 Å². The standard InChI is InChI=1S/C8H15NO2.BrH/c10-7-5-9-4-2-1-3-6(9)8(7)11;/h6-8,10-11H,1-5H2;1H. The first kappa shape index (κ1) is 10.4. The number of fused-ring (bicyclic) bond motifs is 1. The summed E-state index contributed by atoms with van der Waals surface area (Å²) >= 11 is 0. The summed E-state index contributed by atoms with van der Waals surface area (Å²) in [4.78, 5) is 2.21. The number of hydrogen-bond donors (Lipinski definition) is 2. The molecule has 0 aliphatic carbocycles. The number of aliphatic hydroxyl groups excluding tert-OH is 2. The van der Waals surface area contributed by atoms with Crippen LogP contribution in [-0.4, -0.2) is 46.5 Å². The van der Waals surface area contributed by atoms with Crippen molar-refractivity contribution in [2.75, 3.05) is 13.1 Å². The summed E-state index contributed by atoms with van der Waals surface area (Å²) in [6.45, 7) is 1.73. The van der Waals surface area contributed by atoms with Crippen LogP contribution in [0.15, 0.2) is 0 Å². The maximum atomic E-state index is 9.50. The van der Waals surface area contributed by atoms with Crippen LogP contribution >= 0.6 is 17.0 Å². The maximum Gasteiger partial charge on any atom is 0.0966 e. The smallest absolute Gasteiger partial charge is 0.0966 e. The highest BCUT2D eigenvalue weighted by Crippen LogP contribution is 2.26. The van der Waals surface area contributed by atoms with Crippen LogP contribution in [0.3, 0.4) is 0 Å². The topological polar surface area (TPSA) is 43.7 Å². The van der Waals surface area contributed by atoms with E-state index < -0.39 is 12.2 Å². The van der Waals surface area contributed by atoms with Crippen molar-refractivity contribution in [3.63, 3.8) is 0 Å². The lowest BCUT2D eigenvalue weighted by molar-refractivity contribution is 0.0318. The van der Waals surface area contributed by atoms with Crippen molar-refractivity contribution in [2.24, 2.45) is 0 Å². The first-order valence-electron chi connectivity index (χ1n) is 4.39. The molecule has 0 aromatic carbocycles. The molecule has 0 aromatic heterocycles. The number of nitrogens with zero attached hydrogens (tertiary/aromatic N) is 1. The molecule has 4 heteroatoms. The van der Waals surface area contributed by atoms with Crippen molar-refractivity contribution >= 4 is 17.0 Å². The van der Waals surface area contributed by atoms with Crippen molar-refractivity contribution in [2.45, 2.75) is 37.5 Å². The number of piperidine rings is 1.